The van der Waals surface area contributed by atoms with Crippen molar-refractivity contribution in [2.24, 2.45) is 5.92 Å². The van der Waals surface area contributed by atoms with Gasteiger partial charge in [0.05, 0.1) is 11.4 Å². The molecule has 4 rings (SSSR count). The van der Waals surface area contributed by atoms with Gasteiger partial charge < -0.3 is 15.6 Å². The Bertz CT molecular complexity index is 950. The van der Waals surface area contributed by atoms with Crippen LogP contribution in [-0.2, 0) is 24.2 Å². The van der Waals surface area contributed by atoms with E-state index in [4.69, 9.17) is 10.7 Å². The van der Waals surface area contributed by atoms with Crippen molar-refractivity contribution in [2.75, 3.05) is 12.3 Å². The van der Waals surface area contributed by atoms with E-state index in [9.17, 15) is 10.1 Å². The summed E-state index contributed by atoms with van der Waals surface area (Å²) in [4.78, 5) is 27.1. The molecule has 0 atom stereocenters. The van der Waals surface area contributed by atoms with Crippen LogP contribution in [0.3, 0.4) is 0 Å². The molecule has 1 aliphatic carbocycles. The number of nitrogens with one attached hydrogen (secondary N) is 1. The summed E-state index contributed by atoms with van der Waals surface area (Å²) in [6, 6.07) is 2.21. The van der Waals surface area contributed by atoms with E-state index in [0.29, 0.717) is 25.1 Å². The molecule has 140 valence electrons. The van der Waals surface area contributed by atoms with Gasteiger partial charge in [0.1, 0.15) is 23.3 Å². The van der Waals surface area contributed by atoms with Crippen LogP contribution in [0, 0.1) is 24.2 Å². The topological polar surface area (TPSA) is 112 Å². The highest BCUT2D eigenvalue weighted by molar-refractivity contribution is 5.82. The second kappa shape index (κ2) is 6.69. The lowest BCUT2D eigenvalue weighted by atomic mass is 9.83. The van der Waals surface area contributed by atoms with E-state index < -0.39 is 0 Å². The monoisotopic (exact) mass is 364 g/mol. The molecule has 0 spiro atoms. The number of carbonyl (C=O) groups excluding carboxylic acids is 1. The normalized spacial score (nSPS) is 16.6. The first-order valence-electron chi connectivity index (χ1n) is 9.59. The summed E-state index contributed by atoms with van der Waals surface area (Å²) in [6.45, 7) is 5.10. The van der Waals surface area contributed by atoms with Gasteiger partial charge in [0.15, 0.2) is 0 Å². The van der Waals surface area contributed by atoms with Crippen LogP contribution in [0.5, 0.6) is 0 Å². The highest BCUT2D eigenvalue weighted by Gasteiger charge is 2.34. The van der Waals surface area contributed by atoms with Crippen molar-refractivity contribution in [1.82, 2.24) is 19.9 Å². The molecule has 3 N–H and O–H groups in total. The third-order valence-corrected chi connectivity index (χ3v) is 5.76. The first-order chi connectivity index (χ1) is 13.0. The summed E-state index contributed by atoms with van der Waals surface area (Å²) in [5.74, 6) is 1.49. The molecule has 0 bridgehead atoms. The number of fused-ring (bicyclic) bond motifs is 1. The maximum atomic E-state index is 12.8. The van der Waals surface area contributed by atoms with E-state index in [1.165, 1.54) is 0 Å². The number of imidazole rings is 1. The average molecular weight is 364 g/mol. The number of H-pyrrole nitrogens is 1. The Morgan fingerprint density at radius 2 is 2.19 bits per heavy atom. The van der Waals surface area contributed by atoms with Gasteiger partial charge in [-0.05, 0) is 19.8 Å². The Hall–Kier alpha value is -2.88. The van der Waals surface area contributed by atoms with Crippen molar-refractivity contribution >= 4 is 11.7 Å². The second-order valence-corrected chi connectivity index (χ2v) is 7.43. The Morgan fingerprint density at radius 1 is 1.41 bits per heavy atom. The van der Waals surface area contributed by atoms with Crippen LogP contribution in [0.25, 0.3) is 11.3 Å². The molecule has 7 heteroatoms. The molecule has 2 aliphatic rings. The number of pyridine rings is 1. The van der Waals surface area contributed by atoms with E-state index in [1.54, 1.807) is 0 Å². The van der Waals surface area contributed by atoms with Gasteiger partial charge >= 0.3 is 0 Å². The van der Waals surface area contributed by atoms with Crippen molar-refractivity contribution in [2.45, 2.75) is 52.5 Å². The van der Waals surface area contributed by atoms with E-state index in [-0.39, 0.29) is 17.6 Å². The van der Waals surface area contributed by atoms with Gasteiger partial charge in [-0.25, -0.2) is 9.97 Å². The summed E-state index contributed by atoms with van der Waals surface area (Å²) < 4.78 is 0. The molecule has 2 aromatic rings. The second-order valence-electron chi connectivity index (χ2n) is 7.43. The largest absolute Gasteiger partial charge is 0.383 e. The number of amides is 1. The molecule has 27 heavy (non-hydrogen) atoms. The number of hydrogen-bond donors (Lipinski definition) is 2. The molecule has 0 unspecified atom stereocenters. The fraction of sp³-hybridized carbons (Fsp3) is 0.500. The fourth-order valence-electron chi connectivity index (χ4n) is 3.99. The molecule has 0 radical (unpaired) electrons. The molecule has 1 fully saturated rings. The maximum absolute atomic E-state index is 12.8. The number of rotatable bonds is 3. The van der Waals surface area contributed by atoms with Crippen molar-refractivity contribution in [3.8, 4) is 17.3 Å². The lowest BCUT2D eigenvalue weighted by Gasteiger charge is -2.35. The Morgan fingerprint density at radius 3 is 2.78 bits per heavy atom. The average Bonchev–Trinajstić information content (AvgIpc) is 2.99. The summed E-state index contributed by atoms with van der Waals surface area (Å²) >= 11 is 0. The van der Waals surface area contributed by atoms with Crippen molar-refractivity contribution in [1.29, 1.82) is 5.26 Å². The van der Waals surface area contributed by atoms with Crippen LogP contribution < -0.4 is 5.73 Å². The van der Waals surface area contributed by atoms with E-state index >= 15 is 0 Å². The van der Waals surface area contributed by atoms with Gasteiger partial charge in [-0.2, -0.15) is 5.26 Å². The molecule has 2 aromatic heterocycles. The van der Waals surface area contributed by atoms with Gasteiger partial charge in [-0.1, -0.05) is 13.3 Å². The number of anilines is 1. The van der Waals surface area contributed by atoms with E-state index in [1.807, 2.05) is 18.7 Å². The highest BCUT2D eigenvalue weighted by Crippen LogP contribution is 2.37. The number of aromatic amines is 1. The molecule has 7 nitrogen and oxygen atoms in total. The van der Waals surface area contributed by atoms with Crippen LogP contribution in [0.1, 0.15) is 54.5 Å². The van der Waals surface area contributed by atoms with Crippen LogP contribution in [0.4, 0.5) is 5.82 Å². The minimum absolute atomic E-state index is 0.158. The Labute approximate surface area is 158 Å². The number of nitrogens with two attached hydrogens (primary N) is 1. The number of hydrogen-bond acceptors (Lipinski definition) is 5. The first kappa shape index (κ1) is 17.5. The fourth-order valence-corrected chi connectivity index (χ4v) is 3.99. The SMILES string of the molecule is CCc1nc(-c2c(C#N)c(N)nc3c2CN(C(=O)C2CCC2)CC3)c(C)[nH]1. The minimum atomic E-state index is 0.158. The number of aryl methyl sites for hydroxylation is 2. The van der Waals surface area contributed by atoms with Gasteiger partial charge in [-0.15, -0.1) is 0 Å². The standard InChI is InChI=1S/C20H24N6O/c1-3-16-23-11(2)18(25-16)17-13(9-21)19(22)24-15-7-8-26(10-14(15)17)20(27)12-5-4-6-12/h12H,3-8,10H2,1-2H3,(H2,22,24)(H,23,25). The molecule has 0 aromatic carbocycles. The lowest BCUT2D eigenvalue weighted by Crippen LogP contribution is -2.42. The van der Waals surface area contributed by atoms with E-state index in [0.717, 1.165) is 59.7 Å². The van der Waals surface area contributed by atoms with Crippen LogP contribution >= 0.6 is 0 Å². The minimum Gasteiger partial charge on any atom is -0.383 e. The predicted molar refractivity (Wildman–Crippen MR) is 102 cm³/mol. The Balaban J connectivity index is 1.83. The highest BCUT2D eigenvalue weighted by atomic mass is 16.2. The van der Waals surface area contributed by atoms with Gasteiger partial charge in [0, 0.05) is 48.7 Å². The predicted octanol–water partition coefficient (Wildman–Crippen LogP) is 2.48. The van der Waals surface area contributed by atoms with Gasteiger partial charge in [0.2, 0.25) is 5.91 Å². The zero-order valence-electron chi connectivity index (χ0n) is 15.8. The zero-order chi connectivity index (χ0) is 19.1. The lowest BCUT2D eigenvalue weighted by molar-refractivity contribution is -0.139. The van der Waals surface area contributed by atoms with Crippen molar-refractivity contribution in [3.05, 3.63) is 28.3 Å². The zero-order valence-corrected chi connectivity index (χ0v) is 15.8. The van der Waals surface area contributed by atoms with E-state index in [2.05, 4.69) is 16.0 Å². The van der Waals surface area contributed by atoms with Crippen molar-refractivity contribution < 1.29 is 4.79 Å². The number of nitrogen functional groups attached to an aromatic ring is 1. The van der Waals surface area contributed by atoms with Crippen LogP contribution in [0.2, 0.25) is 0 Å². The summed E-state index contributed by atoms with van der Waals surface area (Å²) in [6.07, 6.45) is 4.53. The third-order valence-electron chi connectivity index (χ3n) is 5.76. The van der Waals surface area contributed by atoms with Gasteiger partial charge in [0.25, 0.3) is 0 Å². The molecule has 1 aliphatic heterocycles. The number of aromatic nitrogens is 3. The van der Waals surface area contributed by atoms with Gasteiger partial charge in [-0.3, -0.25) is 4.79 Å². The third kappa shape index (κ3) is 2.85. The summed E-state index contributed by atoms with van der Waals surface area (Å²) in [7, 11) is 0. The van der Waals surface area contributed by atoms with Crippen molar-refractivity contribution in [3.63, 3.8) is 0 Å². The quantitative estimate of drug-likeness (QED) is 0.869. The van der Waals surface area contributed by atoms with Crippen LogP contribution in [-0.4, -0.2) is 32.3 Å². The Kier molecular flexibility index (Phi) is 4.34. The first-order valence-corrected chi connectivity index (χ1v) is 9.59. The van der Waals surface area contributed by atoms with Crippen LogP contribution in [0.15, 0.2) is 0 Å². The summed E-state index contributed by atoms with van der Waals surface area (Å²) in [5.41, 5.74) is 10.6. The molecular formula is C20H24N6O. The number of nitriles is 1. The molecule has 0 saturated heterocycles. The molecule has 3 heterocycles. The number of nitrogens with zero attached hydrogens (tertiary/aromatic N) is 4. The summed E-state index contributed by atoms with van der Waals surface area (Å²) in [5, 5.41) is 9.74. The smallest absolute Gasteiger partial charge is 0.225 e. The maximum Gasteiger partial charge on any atom is 0.225 e. The molecular weight excluding hydrogens is 340 g/mol. The number of carbonyl (C=O) groups is 1. The molecule has 1 saturated carbocycles. The molecule has 1 amide bonds.